The molecule has 1 heterocycles. The lowest BCUT2D eigenvalue weighted by Gasteiger charge is -1.94. The molecule has 0 radical (unpaired) electrons. The molecule has 3 nitrogen and oxygen atoms in total. The summed E-state index contributed by atoms with van der Waals surface area (Å²) in [7, 11) is 0. The molecule has 0 spiro atoms. The smallest absolute Gasteiger partial charge is 0.192 e. The van der Waals surface area contributed by atoms with Gasteiger partial charge in [0.05, 0.1) is 18.1 Å². The van der Waals surface area contributed by atoms with Crippen molar-refractivity contribution < 1.29 is 9.52 Å². The van der Waals surface area contributed by atoms with E-state index in [0.29, 0.717) is 11.3 Å². The molecule has 0 saturated carbocycles. The Morgan fingerprint density at radius 1 is 1.64 bits per heavy atom. The fraction of sp³-hybridized carbons (Fsp3) is 0.125. The second-order valence-electron chi connectivity index (χ2n) is 2.07. The van der Waals surface area contributed by atoms with Gasteiger partial charge in [0.25, 0.3) is 0 Å². The van der Waals surface area contributed by atoms with Crippen LogP contribution in [0.2, 0.25) is 0 Å². The Hall–Kier alpha value is -1.51. The average molecular weight is 152 g/mol. The van der Waals surface area contributed by atoms with Crippen molar-refractivity contribution in [2.45, 2.75) is 6.92 Å². The summed E-state index contributed by atoms with van der Waals surface area (Å²) in [5, 5.41) is 8.41. The molecule has 1 rings (SSSR count). The Kier molecular flexibility index (Phi) is 2.11. The van der Waals surface area contributed by atoms with Crippen LogP contribution in [0.5, 0.6) is 0 Å². The zero-order valence-corrected chi connectivity index (χ0v) is 6.07. The fourth-order valence-electron chi connectivity index (χ4n) is 0.799. The minimum atomic E-state index is -0.154. The number of rotatable bonds is 1. The monoisotopic (exact) mass is 152 g/mol. The Morgan fingerprint density at radius 2 is 2.36 bits per heavy atom. The van der Waals surface area contributed by atoms with Gasteiger partial charge in [0.15, 0.2) is 5.43 Å². The standard InChI is InChI=1S/C8H8O3/c1-6-7(2-4-9)8(10)3-5-11-6/h2-5,9H,1H3. The van der Waals surface area contributed by atoms with Crippen LogP contribution in [0.15, 0.2) is 27.8 Å². The SMILES string of the molecule is Cc1occc(=O)c1C=CO. The first-order valence-electron chi connectivity index (χ1n) is 3.15. The number of aryl methyl sites for hydroxylation is 1. The molecule has 0 amide bonds. The molecule has 1 N–H and O–H groups in total. The average Bonchev–Trinajstić information content (AvgIpc) is 1.97. The molecule has 0 fully saturated rings. The molecular formula is C8H8O3. The normalized spacial score (nSPS) is 10.6. The summed E-state index contributed by atoms with van der Waals surface area (Å²) in [6, 6.07) is 1.31. The summed E-state index contributed by atoms with van der Waals surface area (Å²) in [5.74, 6) is 0.503. The number of aliphatic hydroxyl groups is 1. The number of hydrogen-bond acceptors (Lipinski definition) is 3. The van der Waals surface area contributed by atoms with Gasteiger partial charge >= 0.3 is 0 Å². The highest BCUT2D eigenvalue weighted by Crippen LogP contribution is 2.02. The quantitative estimate of drug-likeness (QED) is 0.620. The highest BCUT2D eigenvalue weighted by atomic mass is 16.3. The van der Waals surface area contributed by atoms with Crippen LogP contribution in [-0.2, 0) is 0 Å². The molecular weight excluding hydrogens is 144 g/mol. The topological polar surface area (TPSA) is 50.4 Å². The third-order valence-electron chi connectivity index (χ3n) is 1.35. The van der Waals surface area contributed by atoms with E-state index in [1.807, 2.05) is 0 Å². The van der Waals surface area contributed by atoms with Gasteiger partial charge < -0.3 is 9.52 Å². The van der Waals surface area contributed by atoms with Gasteiger partial charge in [0, 0.05) is 6.07 Å². The van der Waals surface area contributed by atoms with E-state index in [1.165, 1.54) is 18.4 Å². The third-order valence-corrected chi connectivity index (χ3v) is 1.35. The van der Waals surface area contributed by atoms with Gasteiger partial charge in [-0.3, -0.25) is 4.79 Å². The Labute approximate surface area is 63.6 Å². The Bertz CT molecular complexity index is 322. The minimum absolute atomic E-state index is 0.154. The summed E-state index contributed by atoms with van der Waals surface area (Å²) in [5.41, 5.74) is 0.231. The van der Waals surface area contributed by atoms with Crippen LogP contribution in [0.25, 0.3) is 6.08 Å². The van der Waals surface area contributed by atoms with Crippen LogP contribution in [-0.4, -0.2) is 5.11 Å². The molecule has 0 saturated heterocycles. The molecule has 0 bridgehead atoms. The predicted molar refractivity (Wildman–Crippen MR) is 41.4 cm³/mol. The first-order valence-corrected chi connectivity index (χ1v) is 3.15. The Morgan fingerprint density at radius 3 is 2.91 bits per heavy atom. The maximum atomic E-state index is 11.0. The van der Waals surface area contributed by atoms with Gasteiger partial charge in [0.1, 0.15) is 5.76 Å². The summed E-state index contributed by atoms with van der Waals surface area (Å²) in [6.07, 6.45) is 3.45. The molecule has 0 unspecified atom stereocenters. The van der Waals surface area contributed by atoms with Crippen molar-refractivity contribution in [2.24, 2.45) is 0 Å². The second-order valence-corrected chi connectivity index (χ2v) is 2.07. The van der Waals surface area contributed by atoms with Crippen molar-refractivity contribution >= 4 is 6.08 Å². The van der Waals surface area contributed by atoms with Crippen molar-refractivity contribution in [2.75, 3.05) is 0 Å². The Balaban J connectivity index is 3.32. The van der Waals surface area contributed by atoms with E-state index in [2.05, 4.69) is 0 Å². The van der Waals surface area contributed by atoms with Gasteiger partial charge in [0.2, 0.25) is 0 Å². The zero-order valence-electron chi connectivity index (χ0n) is 6.07. The van der Waals surface area contributed by atoms with Crippen molar-refractivity contribution in [3.63, 3.8) is 0 Å². The molecule has 0 atom stereocenters. The lowest BCUT2D eigenvalue weighted by atomic mass is 10.2. The number of hydrogen-bond donors (Lipinski definition) is 1. The van der Waals surface area contributed by atoms with Crippen molar-refractivity contribution in [3.8, 4) is 0 Å². The van der Waals surface area contributed by atoms with Crippen molar-refractivity contribution in [1.82, 2.24) is 0 Å². The van der Waals surface area contributed by atoms with E-state index >= 15 is 0 Å². The van der Waals surface area contributed by atoms with Gasteiger partial charge in [-0.05, 0) is 13.0 Å². The largest absolute Gasteiger partial charge is 0.516 e. The first-order chi connectivity index (χ1) is 5.25. The molecule has 58 valence electrons. The van der Waals surface area contributed by atoms with Crippen LogP contribution in [0, 0.1) is 6.92 Å². The minimum Gasteiger partial charge on any atom is -0.516 e. The number of aliphatic hydroxyl groups excluding tert-OH is 1. The van der Waals surface area contributed by atoms with E-state index in [1.54, 1.807) is 6.92 Å². The van der Waals surface area contributed by atoms with Crippen LogP contribution in [0.3, 0.4) is 0 Å². The molecule has 1 aromatic heterocycles. The molecule has 3 heteroatoms. The molecule has 0 aromatic carbocycles. The van der Waals surface area contributed by atoms with Gasteiger partial charge in [-0.2, -0.15) is 0 Å². The van der Waals surface area contributed by atoms with Crippen LogP contribution in [0.1, 0.15) is 11.3 Å². The van der Waals surface area contributed by atoms with Crippen LogP contribution < -0.4 is 5.43 Å². The third kappa shape index (κ3) is 1.49. The molecule has 11 heavy (non-hydrogen) atoms. The highest BCUT2D eigenvalue weighted by Gasteiger charge is 1.99. The fourth-order valence-corrected chi connectivity index (χ4v) is 0.799. The van der Waals surface area contributed by atoms with Gasteiger partial charge in [-0.1, -0.05) is 0 Å². The molecule has 0 aliphatic heterocycles. The zero-order chi connectivity index (χ0) is 8.27. The van der Waals surface area contributed by atoms with Crippen molar-refractivity contribution in [1.29, 1.82) is 0 Å². The summed E-state index contributed by atoms with van der Waals surface area (Å²) in [6.45, 7) is 1.66. The summed E-state index contributed by atoms with van der Waals surface area (Å²) < 4.78 is 4.93. The lowest BCUT2D eigenvalue weighted by molar-refractivity contribution is 0.476. The van der Waals surface area contributed by atoms with E-state index in [0.717, 1.165) is 6.26 Å². The van der Waals surface area contributed by atoms with E-state index in [9.17, 15) is 4.79 Å². The maximum Gasteiger partial charge on any atom is 0.192 e. The van der Waals surface area contributed by atoms with E-state index in [-0.39, 0.29) is 5.43 Å². The van der Waals surface area contributed by atoms with Gasteiger partial charge in [-0.25, -0.2) is 0 Å². The highest BCUT2D eigenvalue weighted by molar-refractivity contribution is 5.48. The second kappa shape index (κ2) is 3.05. The van der Waals surface area contributed by atoms with E-state index in [4.69, 9.17) is 9.52 Å². The molecule has 0 aliphatic carbocycles. The first kappa shape index (κ1) is 7.60. The van der Waals surface area contributed by atoms with Crippen molar-refractivity contribution in [3.05, 3.63) is 40.1 Å². The predicted octanol–water partition coefficient (Wildman–Crippen LogP) is 1.48. The molecule has 1 aromatic rings. The molecule has 0 aliphatic rings. The summed E-state index contributed by atoms with van der Waals surface area (Å²) in [4.78, 5) is 11.0. The van der Waals surface area contributed by atoms with E-state index < -0.39 is 0 Å². The van der Waals surface area contributed by atoms with Crippen LogP contribution in [0.4, 0.5) is 0 Å². The lowest BCUT2D eigenvalue weighted by Crippen LogP contribution is -2.03. The van der Waals surface area contributed by atoms with Gasteiger partial charge in [-0.15, -0.1) is 0 Å². The summed E-state index contributed by atoms with van der Waals surface area (Å²) >= 11 is 0. The maximum absolute atomic E-state index is 11.0. The van der Waals surface area contributed by atoms with Crippen LogP contribution >= 0.6 is 0 Å².